The Morgan fingerprint density at radius 1 is 1.15 bits per heavy atom. The average molecular weight is 184 g/mol. The molecule has 0 bridgehead atoms. The molecule has 76 valence electrons. The maximum absolute atomic E-state index is 11.2. The van der Waals surface area contributed by atoms with Crippen molar-refractivity contribution in [2.45, 2.75) is 40.5 Å². The minimum absolute atomic E-state index is 0.0214. The first-order valence-corrected chi connectivity index (χ1v) is 4.84. The van der Waals surface area contributed by atoms with E-state index in [-0.39, 0.29) is 11.5 Å². The summed E-state index contributed by atoms with van der Waals surface area (Å²) in [6, 6.07) is 0. The van der Waals surface area contributed by atoms with Crippen molar-refractivity contribution in [3.63, 3.8) is 0 Å². The van der Waals surface area contributed by atoms with E-state index >= 15 is 0 Å². The Hall–Kier alpha value is -0.790. The molecule has 0 radical (unpaired) electrons. The number of rotatable bonds is 5. The highest BCUT2D eigenvalue weighted by Gasteiger charge is 2.05. The van der Waals surface area contributed by atoms with Gasteiger partial charge in [0.15, 0.2) is 5.78 Å². The van der Waals surface area contributed by atoms with Crippen molar-refractivity contribution in [3.8, 4) is 0 Å². The van der Waals surface area contributed by atoms with E-state index in [0.717, 1.165) is 0 Å². The molecule has 0 spiro atoms. The molecule has 0 rings (SSSR count). The third-order valence-electron chi connectivity index (χ3n) is 1.55. The summed E-state index contributed by atoms with van der Waals surface area (Å²) < 4.78 is 0. The molecule has 13 heavy (non-hydrogen) atoms. The Bertz CT molecular complexity index is 190. The molecular formula is C11H20O2. The predicted molar refractivity (Wildman–Crippen MR) is 54.6 cm³/mol. The topological polar surface area (TPSA) is 37.3 Å². The molecule has 0 saturated heterocycles. The van der Waals surface area contributed by atoms with Crippen LogP contribution in [0, 0.1) is 11.8 Å². The van der Waals surface area contributed by atoms with Crippen molar-refractivity contribution in [1.29, 1.82) is 0 Å². The number of carbonyl (C=O) groups is 1. The zero-order chi connectivity index (χ0) is 10.4. The quantitative estimate of drug-likeness (QED) is 0.526. The molecule has 0 fully saturated rings. The van der Waals surface area contributed by atoms with E-state index in [1.54, 1.807) is 0 Å². The molecule has 1 N–H and O–H groups in total. The predicted octanol–water partition coefficient (Wildman–Crippen LogP) is 3.09. The van der Waals surface area contributed by atoms with E-state index in [9.17, 15) is 9.90 Å². The van der Waals surface area contributed by atoms with Crippen molar-refractivity contribution < 1.29 is 9.90 Å². The molecule has 0 unspecified atom stereocenters. The number of aliphatic hydroxyl groups is 1. The van der Waals surface area contributed by atoms with Crippen LogP contribution in [0.25, 0.3) is 0 Å². The first-order chi connectivity index (χ1) is 5.91. The van der Waals surface area contributed by atoms with Crippen LogP contribution in [0.3, 0.4) is 0 Å². The van der Waals surface area contributed by atoms with Gasteiger partial charge in [0.25, 0.3) is 0 Å². The van der Waals surface area contributed by atoms with Gasteiger partial charge in [-0.2, -0.15) is 0 Å². The van der Waals surface area contributed by atoms with E-state index < -0.39 is 0 Å². The summed E-state index contributed by atoms with van der Waals surface area (Å²) in [7, 11) is 0. The minimum Gasteiger partial charge on any atom is -0.512 e. The zero-order valence-electron chi connectivity index (χ0n) is 9.00. The molecule has 0 atom stereocenters. The molecular weight excluding hydrogens is 164 g/mol. The number of allylic oxidation sites excluding steroid dienone is 2. The second-order valence-electron chi connectivity index (χ2n) is 4.30. The van der Waals surface area contributed by atoms with Crippen LogP contribution in [-0.2, 0) is 4.79 Å². The van der Waals surface area contributed by atoms with Gasteiger partial charge in [-0.3, -0.25) is 4.79 Å². The van der Waals surface area contributed by atoms with E-state index in [4.69, 9.17) is 0 Å². The highest BCUT2D eigenvalue weighted by atomic mass is 16.3. The van der Waals surface area contributed by atoms with Crippen LogP contribution in [0.1, 0.15) is 40.5 Å². The van der Waals surface area contributed by atoms with Crippen molar-refractivity contribution in [3.05, 3.63) is 11.8 Å². The highest BCUT2D eigenvalue weighted by Crippen LogP contribution is 2.09. The first-order valence-electron chi connectivity index (χ1n) is 4.84. The number of carbonyl (C=O) groups excluding carboxylic acids is 1. The Balaban J connectivity index is 3.99. The third kappa shape index (κ3) is 7.57. The lowest BCUT2D eigenvalue weighted by atomic mass is 10.0. The van der Waals surface area contributed by atoms with Gasteiger partial charge >= 0.3 is 0 Å². The van der Waals surface area contributed by atoms with Crippen molar-refractivity contribution in [1.82, 2.24) is 0 Å². The summed E-state index contributed by atoms with van der Waals surface area (Å²) >= 11 is 0. The largest absolute Gasteiger partial charge is 0.512 e. The summed E-state index contributed by atoms with van der Waals surface area (Å²) in [5.74, 6) is 0.979. The van der Waals surface area contributed by atoms with Gasteiger partial charge in [-0.25, -0.2) is 0 Å². The van der Waals surface area contributed by atoms with Crippen LogP contribution in [0.2, 0.25) is 0 Å². The average Bonchev–Trinajstić information content (AvgIpc) is 1.80. The highest BCUT2D eigenvalue weighted by molar-refractivity contribution is 5.90. The Morgan fingerprint density at radius 2 is 1.62 bits per heavy atom. The van der Waals surface area contributed by atoms with Gasteiger partial charge in [0.1, 0.15) is 0 Å². The van der Waals surface area contributed by atoms with Gasteiger partial charge in [0.2, 0.25) is 0 Å². The molecule has 0 aliphatic carbocycles. The zero-order valence-corrected chi connectivity index (χ0v) is 9.00. The molecule has 0 heterocycles. The fourth-order valence-corrected chi connectivity index (χ4v) is 1.12. The molecule has 0 saturated carbocycles. The molecule has 0 aromatic rings. The van der Waals surface area contributed by atoms with Crippen LogP contribution >= 0.6 is 0 Å². The Labute approximate surface area is 80.7 Å². The number of aliphatic hydroxyl groups excluding tert-OH is 1. The minimum atomic E-state index is 0.0214. The smallest absolute Gasteiger partial charge is 0.159 e. The molecule has 0 aromatic heterocycles. The molecule has 0 aliphatic heterocycles. The van der Waals surface area contributed by atoms with E-state index in [2.05, 4.69) is 0 Å². The van der Waals surface area contributed by atoms with Crippen molar-refractivity contribution >= 4 is 5.78 Å². The lowest BCUT2D eigenvalue weighted by Crippen LogP contribution is -2.01. The standard InChI is InChI=1S/C11H20O2/c1-8(2)5-10(12)7-11(13)6-9(3)4/h7-9,12H,5-6H2,1-4H3. The summed E-state index contributed by atoms with van der Waals surface area (Å²) in [5.41, 5.74) is 0. The second kappa shape index (κ2) is 5.79. The normalized spacial score (nSPS) is 12.6. The number of hydrogen-bond donors (Lipinski definition) is 1. The van der Waals surface area contributed by atoms with Crippen LogP contribution in [0.4, 0.5) is 0 Å². The van der Waals surface area contributed by atoms with Gasteiger partial charge < -0.3 is 5.11 Å². The van der Waals surface area contributed by atoms with Gasteiger partial charge in [-0.15, -0.1) is 0 Å². The van der Waals surface area contributed by atoms with Crippen LogP contribution in [0.5, 0.6) is 0 Å². The van der Waals surface area contributed by atoms with Crippen LogP contribution < -0.4 is 0 Å². The maximum Gasteiger partial charge on any atom is 0.159 e. The van der Waals surface area contributed by atoms with Gasteiger partial charge in [0.05, 0.1) is 5.76 Å². The van der Waals surface area contributed by atoms with E-state index in [1.165, 1.54) is 6.08 Å². The fourth-order valence-electron chi connectivity index (χ4n) is 1.12. The van der Waals surface area contributed by atoms with Crippen LogP contribution in [-0.4, -0.2) is 10.9 Å². The number of hydrogen-bond acceptors (Lipinski definition) is 2. The van der Waals surface area contributed by atoms with Crippen molar-refractivity contribution in [2.24, 2.45) is 11.8 Å². The second-order valence-corrected chi connectivity index (χ2v) is 4.30. The molecule has 0 amide bonds. The lowest BCUT2D eigenvalue weighted by molar-refractivity contribution is -0.115. The van der Waals surface area contributed by atoms with Gasteiger partial charge in [0, 0.05) is 18.9 Å². The van der Waals surface area contributed by atoms with Crippen LogP contribution in [0.15, 0.2) is 11.8 Å². The van der Waals surface area contributed by atoms with E-state index in [1.807, 2.05) is 27.7 Å². The van der Waals surface area contributed by atoms with Crippen molar-refractivity contribution in [2.75, 3.05) is 0 Å². The SMILES string of the molecule is CC(C)CC(=O)C=C(O)CC(C)C. The number of ketones is 1. The Kier molecular flexibility index (Phi) is 5.44. The molecule has 2 nitrogen and oxygen atoms in total. The monoisotopic (exact) mass is 184 g/mol. The molecule has 2 heteroatoms. The van der Waals surface area contributed by atoms with E-state index in [0.29, 0.717) is 24.7 Å². The maximum atomic E-state index is 11.2. The molecule has 0 aliphatic rings. The summed E-state index contributed by atoms with van der Waals surface area (Å²) in [4.78, 5) is 11.2. The third-order valence-corrected chi connectivity index (χ3v) is 1.55. The summed E-state index contributed by atoms with van der Waals surface area (Å²) in [5, 5.41) is 9.34. The van der Waals surface area contributed by atoms with Gasteiger partial charge in [-0.05, 0) is 11.8 Å². The molecule has 0 aromatic carbocycles. The van der Waals surface area contributed by atoms with Gasteiger partial charge in [-0.1, -0.05) is 27.7 Å². The Morgan fingerprint density at radius 3 is 2.00 bits per heavy atom. The summed E-state index contributed by atoms with van der Waals surface area (Å²) in [6.07, 6.45) is 2.46. The summed E-state index contributed by atoms with van der Waals surface area (Å²) in [6.45, 7) is 8.00. The first kappa shape index (κ1) is 12.2. The lowest BCUT2D eigenvalue weighted by Gasteiger charge is -2.04. The fraction of sp³-hybridized carbons (Fsp3) is 0.727.